The van der Waals surface area contributed by atoms with Crippen molar-refractivity contribution in [3.05, 3.63) is 53.6 Å². The van der Waals surface area contributed by atoms with E-state index in [0.717, 1.165) is 6.08 Å². The number of Topliss-reactive ketones (excluding diaryl/α,β-unsaturated/α-hetero) is 1. The van der Waals surface area contributed by atoms with E-state index in [2.05, 4.69) is 0 Å². The van der Waals surface area contributed by atoms with Gasteiger partial charge in [-0.3, -0.25) is 4.79 Å². The molecule has 0 saturated heterocycles. The number of hydrogen-bond acceptors (Lipinski definition) is 4. The maximum Gasteiger partial charge on any atom is 0.196 e. The first-order chi connectivity index (χ1) is 7.99. The molecule has 0 bridgehead atoms. The predicted octanol–water partition coefficient (Wildman–Crippen LogP) is 1.14. The van der Waals surface area contributed by atoms with E-state index in [4.69, 9.17) is 0 Å². The van der Waals surface area contributed by atoms with E-state index in [1.165, 1.54) is 24.3 Å². The Labute approximate surface area is 98.1 Å². The van der Waals surface area contributed by atoms with Gasteiger partial charge in [-0.05, 0) is 18.2 Å². The molecule has 0 unspecified atom stereocenters. The average Bonchev–Trinajstić information content (AvgIpc) is 2.29. The zero-order valence-corrected chi connectivity index (χ0v) is 9.00. The molecule has 0 amide bonds. The first kappa shape index (κ1) is 11.6. The van der Waals surface area contributed by atoms with Gasteiger partial charge in [0.05, 0.1) is 5.56 Å². The normalized spacial score (nSPS) is 17.6. The molecule has 1 aliphatic carbocycles. The summed E-state index contributed by atoms with van der Waals surface area (Å²) in [5.41, 5.74) is 0.539. The molecule has 2 rings (SSSR count). The molecular formula is C13H12O4. The number of carbonyl (C=O) groups is 1. The van der Waals surface area contributed by atoms with Crippen molar-refractivity contribution in [1.29, 1.82) is 0 Å². The van der Waals surface area contributed by atoms with Crippen LogP contribution in [0.3, 0.4) is 0 Å². The molecule has 0 spiro atoms. The molecule has 0 aromatic heterocycles. The van der Waals surface area contributed by atoms with E-state index in [0.29, 0.717) is 5.57 Å². The van der Waals surface area contributed by atoms with Gasteiger partial charge in [0.15, 0.2) is 11.6 Å². The van der Waals surface area contributed by atoms with E-state index < -0.39 is 5.79 Å². The van der Waals surface area contributed by atoms with Crippen LogP contribution in [0.5, 0.6) is 5.75 Å². The summed E-state index contributed by atoms with van der Waals surface area (Å²) in [6.45, 7) is 0. The molecule has 4 nitrogen and oxygen atoms in total. The van der Waals surface area contributed by atoms with Crippen LogP contribution < -0.4 is 0 Å². The van der Waals surface area contributed by atoms with E-state index in [1.54, 1.807) is 12.1 Å². The lowest BCUT2D eigenvalue weighted by Gasteiger charge is -2.19. The van der Waals surface area contributed by atoms with E-state index >= 15 is 0 Å². The van der Waals surface area contributed by atoms with Crippen molar-refractivity contribution in [2.24, 2.45) is 0 Å². The Morgan fingerprint density at radius 2 is 1.94 bits per heavy atom. The van der Waals surface area contributed by atoms with Crippen LogP contribution in [0.25, 0.3) is 0 Å². The molecular weight excluding hydrogens is 220 g/mol. The molecule has 1 aromatic carbocycles. The van der Waals surface area contributed by atoms with Gasteiger partial charge in [-0.25, -0.2) is 0 Å². The molecule has 0 heterocycles. The largest absolute Gasteiger partial charge is 0.507 e. The summed E-state index contributed by atoms with van der Waals surface area (Å²) >= 11 is 0. The molecule has 0 fully saturated rings. The van der Waals surface area contributed by atoms with Crippen molar-refractivity contribution in [3.8, 4) is 5.75 Å². The van der Waals surface area contributed by atoms with Crippen LogP contribution >= 0.6 is 0 Å². The van der Waals surface area contributed by atoms with Crippen molar-refractivity contribution in [1.82, 2.24) is 0 Å². The minimum absolute atomic E-state index is 0.0435. The van der Waals surface area contributed by atoms with Crippen molar-refractivity contribution < 1.29 is 20.1 Å². The maximum atomic E-state index is 12.0. The molecule has 1 aliphatic rings. The van der Waals surface area contributed by atoms with Crippen LogP contribution in [0.15, 0.2) is 48.1 Å². The number of phenolic OH excluding ortho intramolecular Hbond substituents is 1. The topological polar surface area (TPSA) is 77.8 Å². The second-order valence-electron chi connectivity index (χ2n) is 3.92. The quantitative estimate of drug-likeness (QED) is 0.528. The number of hydrogen-bond donors (Lipinski definition) is 3. The van der Waals surface area contributed by atoms with Gasteiger partial charge in [-0.1, -0.05) is 24.3 Å². The van der Waals surface area contributed by atoms with Crippen molar-refractivity contribution in [2.75, 3.05) is 0 Å². The molecule has 88 valence electrons. The summed E-state index contributed by atoms with van der Waals surface area (Å²) in [5, 5.41) is 28.1. The number of allylic oxidation sites excluding steroid dienone is 2. The van der Waals surface area contributed by atoms with Gasteiger partial charge >= 0.3 is 0 Å². The fourth-order valence-corrected chi connectivity index (χ4v) is 1.61. The van der Waals surface area contributed by atoms with Gasteiger partial charge in [0.25, 0.3) is 0 Å². The van der Waals surface area contributed by atoms with Gasteiger partial charge < -0.3 is 15.3 Å². The van der Waals surface area contributed by atoms with Crippen molar-refractivity contribution in [3.63, 3.8) is 0 Å². The molecule has 4 heteroatoms. The molecule has 0 saturated carbocycles. The number of ketones is 1. The van der Waals surface area contributed by atoms with Crippen LogP contribution in [0.1, 0.15) is 16.8 Å². The lowest BCUT2D eigenvalue weighted by atomic mass is 9.95. The number of benzene rings is 1. The third-order valence-corrected chi connectivity index (χ3v) is 2.56. The molecule has 3 N–H and O–H groups in total. The van der Waals surface area contributed by atoms with E-state index in [-0.39, 0.29) is 23.5 Å². The Kier molecular flexibility index (Phi) is 2.83. The Bertz CT molecular complexity index is 512. The fraction of sp³-hybridized carbons (Fsp3) is 0.154. The monoisotopic (exact) mass is 232 g/mol. The summed E-state index contributed by atoms with van der Waals surface area (Å²) in [7, 11) is 0. The maximum absolute atomic E-state index is 12.0. The molecule has 0 atom stereocenters. The van der Waals surface area contributed by atoms with Crippen LogP contribution in [0.2, 0.25) is 0 Å². The number of carbonyl (C=O) groups excluding carboxylic acids is 1. The number of para-hydroxylation sites is 1. The highest BCUT2D eigenvalue weighted by Gasteiger charge is 2.24. The zero-order valence-electron chi connectivity index (χ0n) is 9.00. The Morgan fingerprint density at radius 1 is 1.24 bits per heavy atom. The van der Waals surface area contributed by atoms with Gasteiger partial charge in [-0.2, -0.15) is 0 Å². The predicted molar refractivity (Wildman–Crippen MR) is 61.4 cm³/mol. The van der Waals surface area contributed by atoms with Crippen LogP contribution in [-0.2, 0) is 0 Å². The highest BCUT2D eigenvalue weighted by Crippen LogP contribution is 2.24. The second kappa shape index (κ2) is 4.16. The highest BCUT2D eigenvalue weighted by molar-refractivity contribution is 6.12. The molecule has 0 radical (unpaired) electrons. The third kappa shape index (κ3) is 2.43. The van der Waals surface area contributed by atoms with Crippen molar-refractivity contribution >= 4 is 5.78 Å². The summed E-state index contributed by atoms with van der Waals surface area (Å²) in [5.74, 6) is -2.31. The van der Waals surface area contributed by atoms with E-state index in [9.17, 15) is 20.1 Å². The van der Waals surface area contributed by atoms with Gasteiger partial charge in [0.1, 0.15) is 5.75 Å². The first-order valence-electron chi connectivity index (χ1n) is 5.16. The van der Waals surface area contributed by atoms with E-state index in [1.807, 2.05) is 0 Å². The summed E-state index contributed by atoms with van der Waals surface area (Å²) < 4.78 is 0. The second-order valence-corrected chi connectivity index (χ2v) is 3.92. The number of rotatable bonds is 2. The average molecular weight is 232 g/mol. The molecule has 0 aliphatic heterocycles. The SMILES string of the molecule is O=C(C1=CCC(O)(O)C=C1)c1ccccc1O. The Hall–Kier alpha value is -1.91. The number of aliphatic hydroxyl groups is 2. The fourth-order valence-electron chi connectivity index (χ4n) is 1.61. The highest BCUT2D eigenvalue weighted by atomic mass is 16.5. The smallest absolute Gasteiger partial charge is 0.196 e. The van der Waals surface area contributed by atoms with Crippen LogP contribution in [0, 0.1) is 0 Å². The van der Waals surface area contributed by atoms with Crippen LogP contribution in [0.4, 0.5) is 0 Å². The summed E-state index contributed by atoms with van der Waals surface area (Å²) in [6.07, 6.45) is 3.89. The van der Waals surface area contributed by atoms with Crippen molar-refractivity contribution in [2.45, 2.75) is 12.2 Å². The summed E-state index contributed by atoms with van der Waals surface area (Å²) in [4.78, 5) is 12.0. The van der Waals surface area contributed by atoms with Gasteiger partial charge in [0, 0.05) is 12.0 Å². The molecule has 1 aromatic rings. The zero-order chi connectivity index (χ0) is 12.5. The minimum Gasteiger partial charge on any atom is -0.507 e. The Morgan fingerprint density at radius 3 is 2.53 bits per heavy atom. The first-order valence-corrected chi connectivity index (χ1v) is 5.16. The lowest BCUT2D eigenvalue weighted by molar-refractivity contribution is -0.115. The van der Waals surface area contributed by atoms with Gasteiger partial charge in [0.2, 0.25) is 0 Å². The third-order valence-electron chi connectivity index (χ3n) is 2.56. The molecule has 17 heavy (non-hydrogen) atoms. The minimum atomic E-state index is -1.89. The Balaban J connectivity index is 2.27. The summed E-state index contributed by atoms with van der Waals surface area (Å²) in [6, 6.07) is 6.24. The lowest BCUT2D eigenvalue weighted by Crippen LogP contribution is -2.26. The van der Waals surface area contributed by atoms with Gasteiger partial charge in [-0.15, -0.1) is 0 Å². The van der Waals surface area contributed by atoms with Crippen LogP contribution in [-0.4, -0.2) is 26.9 Å². The number of aromatic hydroxyl groups is 1. The number of phenols is 1. The standard InChI is InChI=1S/C13H12O4/c14-11-4-2-1-3-10(11)12(15)9-5-7-13(16,17)8-6-9/h1-7,14,16-17H,8H2.